The van der Waals surface area contributed by atoms with Crippen molar-refractivity contribution in [3.63, 3.8) is 0 Å². The van der Waals surface area contributed by atoms with E-state index in [4.69, 9.17) is 0 Å². The number of nitrogens with zero attached hydrogens (tertiary/aromatic N) is 1. The number of carbonyl (C=O) groups excluding carboxylic acids is 2. The van der Waals surface area contributed by atoms with Crippen molar-refractivity contribution in [1.29, 1.82) is 0 Å². The second kappa shape index (κ2) is 10.2. The molecule has 1 saturated heterocycles. The molecule has 1 aliphatic heterocycles. The predicted octanol–water partition coefficient (Wildman–Crippen LogP) is 0.0539. The van der Waals surface area contributed by atoms with Gasteiger partial charge in [0.2, 0.25) is 0 Å². The molecule has 3 N–H and O–H groups in total. The lowest BCUT2D eigenvalue weighted by Crippen LogP contribution is -3.14. The summed E-state index contributed by atoms with van der Waals surface area (Å²) < 4.78 is 0. The van der Waals surface area contributed by atoms with E-state index >= 15 is 0 Å². The van der Waals surface area contributed by atoms with Crippen molar-refractivity contribution in [3.05, 3.63) is 51.2 Å². The number of quaternary nitrogens is 2. The van der Waals surface area contributed by atoms with Gasteiger partial charge in [0.25, 0.3) is 11.8 Å². The maximum atomic E-state index is 12.7. The number of hydrogen-bond donors (Lipinski definition) is 3. The second-order valence-electron chi connectivity index (χ2n) is 8.52. The smallest absolute Gasteiger partial charge is 0.279 e. The molecule has 0 spiro atoms. The largest absolute Gasteiger partial charge is 0.328 e. The van der Waals surface area contributed by atoms with Crippen LogP contribution in [0.5, 0.6) is 0 Å². The molecular formula is C23H34N4O2S+2. The fourth-order valence-electron chi connectivity index (χ4n) is 4.18. The third kappa shape index (κ3) is 6.14. The number of rotatable bonds is 7. The number of piperazine rings is 1. The highest BCUT2D eigenvalue weighted by Crippen LogP contribution is 2.21. The van der Waals surface area contributed by atoms with Crippen LogP contribution in [0, 0.1) is 20.8 Å². The minimum atomic E-state index is -0.0550. The zero-order valence-corrected chi connectivity index (χ0v) is 19.3. The molecule has 2 aromatic rings. The van der Waals surface area contributed by atoms with Crippen LogP contribution >= 0.6 is 11.3 Å². The summed E-state index contributed by atoms with van der Waals surface area (Å²) in [5.74, 6) is 0.0822. The van der Waals surface area contributed by atoms with E-state index in [1.165, 1.54) is 15.3 Å². The molecule has 7 heteroatoms. The van der Waals surface area contributed by atoms with E-state index in [2.05, 4.69) is 41.9 Å². The molecule has 0 saturated carbocycles. The van der Waals surface area contributed by atoms with Gasteiger partial charge >= 0.3 is 0 Å². The van der Waals surface area contributed by atoms with Crippen LogP contribution < -0.4 is 15.1 Å². The van der Waals surface area contributed by atoms with Gasteiger partial charge in [-0.15, -0.1) is 11.3 Å². The molecule has 0 aliphatic carbocycles. The van der Waals surface area contributed by atoms with Crippen LogP contribution in [0.25, 0.3) is 0 Å². The monoisotopic (exact) mass is 430 g/mol. The van der Waals surface area contributed by atoms with E-state index in [1.807, 2.05) is 25.8 Å². The zero-order chi connectivity index (χ0) is 21.7. The summed E-state index contributed by atoms with van der Waals surface area (Å²) in [6, 6.07) is 8.42. The number of thiophene rings is 1. The molecule has 2 heterocycles. The van der Waals surface area contributed by atoms with Crippen LogP contribution in [0.4, 0.5) is 5.69 Å². The quantitative estimate of drug-likeness (QED) is 0.582. The minimum Gasteiger partial charge on any atom is -0.328 e. The van der Waals surface area contributed by atoms with Crippen LogP contribution in [0.2, 0.25) is 0 Å². The number of likely N-dealkylation sites (N-methyl/N-ethyl adjacent to an activating group) is 1. The molecule has 1 fully saturated rings. The Morgan fingerprint density at radius 2 is 1.80 bits per heavy atom. The molecule has 2 amide bonds. The fourth-order valence-corrected chi connectivity index (χ4v) is 4.95. The number of benzene rings is 1. The molecular weight excluding hydrogens is 396 g/mol. The average Bonchev–Trinajstić information content (AvgIpc) is 3.18. The van der Waals surface area contributed by atoms with E-state index < -0.39 is 0 Å². The van der Waals surface area contributed by atoms with Crippen LogP contribution in [0.3, 0.4) is 0 Å². The highest BCUT2D eigenvalue weighted by Gasteiger charge is 2.26. The lowest BCUT2D eigenvalue weighted by molar-refractivity contribution is -0.917. The molecule has 1 aliphatic rings. The van der Waals surface area contributed by atoms with Crippen molar-refractivity contribution in [1.82, 2.24) is 4.90 Å². The van der Waals surface area contributed by atoms with Crippen molar-refractivity contribution in [2.24, 2.45) is 0 Å². The summed E-state index contributed by atoms with van der Waals surface area (Å²) in [6.45, 7) is 11.3. The molecule has 30 heavy (non-hydrogen) atoms. The Hall–Kier alpha value is -2.22. The topological polar surface area (TPSA) is 58.3 Å². The van der Waals surface area contributed by atoms with Gasteiger partial charge in [0.05, 0.1) is 38.1 Å². The van der Waals surface area contributed by atoms with E-state index in [1.54, 1.807) is 11.3 Å². The van der Waals surface area contributed by atoms with E-state index in [0.717, 1.165) is 54.4 Å². The Kier molecular flexibility index (Phi) is 7.64. The first-order chi connectivity index (χ1) is 14.3. The Bertz CT molecular complexity index is 850. The lowest BCUT2D eigenvalue weighted by atomic mass is 10.1. The molecule has 1 aromatic heterocycles. The predicted molar refractivity (Wildman–Crippen MR) is 121 cm³/mol. The molecule has 0 radical (unpaired) electrons. The highest BCUT2D eigenvalue weighted by molar-refractivity contribution is 7.09. The zero-order valence-electron chi connectivity index (χ0n) is 18.5. The Balaban J connectivity index is 1.43. The standard InChI is InChI=1S/C23H32N4O2S/c1-17-12-18(2)23(19(3)13-17)24-21(28)15-25(4)16-22(29)27-9-7-26(8-10-27)14-20-6-5-11-30-20/h5-6,11-13H,7-10,14-16H2,1-4H3,(H,24,28)/p+2. The van der Waals surface area contributed by atoms with Crippen molar-refractivity contribution in [3.8, 4) is 0 Å². The number of aryl methyl sites for hydroxylation is 3. The first-order valence-electron chi connectivity index (χ1n) is 10.6. The molecule has 3 rings (SSSR count). The average molecular weight is 431 g/mol. The van der Waals surface area contributed by atoms with Gasteiger partial charge in [-0.1, -0.05) is 23.8 Å². The van der Waals surface area contributed by atoms with E-state index in [-0.39, 0.29) is 18.4 Å². The van der Waals surface area contributed by atoms with Gasteiger partial charge in [0.15, 0.2) is 13.1 Å². The molecule has 6 nitrogen and oxygen atoms in total. The van der Waals surface area contributed by atoms with Gasteiger partial charge in [0.1, 0.15) is 6.54 Å². The van der Waals surface area contributed by atoms with Crippen molar-refractivity contribution >= 4 is 28.8 Å². The number of hydrogen-bond acceptors (Lipinski definition) is 3. The van der Waals surface area contributed by atoms with Crippen molar-refractivity contribution in [2.75, 3.05) is 51.6 Å². The Morgan fingerprint density at radius 3 is 2.40 bits per heavy atom. The molecule has 0 bridgehead atoms. The number of anilines is 1. The highest BCUT2D eigenvalue weighted by atomic mass is 32.1. The summed E-state index contributed by atoms with van der Waals surface area (Å²) in [5.41, 5.74) is 4.21. The molecule has 162 valence electrons. The van der Waals surface area contributed by atoms with Gasteiger partial charge in [-0.05, 0) is 43.3 Å². The lowest BCUT2D eigenvalue weighted by Gasteiger charge is -2.32. The summed E-state index contributed by atoms with van der Waals surface area (Å²) >= 11 is 1.80. The number of carbonyl (C=O) groups is 2. The van der Waals surface area contributed by atoms with Gasteiger partial charge in [-0.25, -0.2) is 0 Å². The Morgan fingerprint density at radius 1 is 1.13 bits per heavy atom. The first kappa shape index (κ1) is 22.5. The molecule has 1 unspecified atom stereocenters. The van der Waals surface area contributed by atoms with Crippen LogP contribution in [0.15, 0.2) is 29.6 Å². The van der Waals surface area contributed by atoms with Crippen molar-refractivity contribution in [2.45, 2.75) is 27.3 Å². The number of amides is 2. The molecule has 1 aromatic carbocycles. The second-order valence-corrected chi connectivity index (χ2v) is 9.55. The van der Waals surface area contributed by atoms with E-state index in [0.29, 0.717) is 6.54 Å². The number of nitrogens with one attached hydrogen (secondary N) is 3. The van der Waals surface area contributed by atoms with Gasteiger partial charge in [-0.2, -0.15) is 0 Å². The van der Waals surface area contributed by atoms with Crippen molar-refractivity contribution < 1.29 is 19.4 Å². The maximum Gasteiger partial charge on any atom is 0.279 e. The SMILES string of the molecule is Cc1cc(C)c(NC(=O)C[NH+](C)CC(=O)N2CC[NH+](Cc3cccs3)CC2)c(C)c1. The van der Waals surface area contributed by atoms with Crippen LogP contribution in [0.1, 0.15) is 21.6 Å². The summed E-state index contributed by atoms with van der Waals surface area (Å²) in [7, 11) is 1.91. The van der Waals surface area contributed by atoms with E-state index in [9.17, 15) is 9.59 Å². The summed E-state index contributed by atoms with van der Waals surface area (Å²) in [6.07, 6.45) is 0. The van der Waals surface area contributed by atoms with Crippen LogP contribution in [-0.2, 0) is 16.1 Å². The fraction of sp³-hybridized carbons (Fsp3) is 0.478. The minimum absolute atomic E-state index is 0.0550. The summed E-state index contributed by atoms with van der Waals surface area (Å²) in [4.78, 5) is 31.0. The van der Waals surface area contributed by atoms with Gasteiger partial charge < -0.3 is 20.0 Å². The van der Waals surface area contributed by atoms with Gasteiger partial charge in [-0.3, -0.25) is 9.59 Å². The van der Waals surface area contributed by atoms with Gasteiger partial charge in [0, 0.05) is 5.69 Å². The Labute approximate surface area is 183 Å². The summed E-state index contributed by atoms with van der Waals surface area (Å²) in [5, 5.41) is 5.14. The maximum absolute atomic E-state index is 12.7. The third-order valence-electron chi connectivity index (χ3n) is 5.68. The first-order valence-corrected chi connectivity index (χ1v) is 11.5. The normalized spacial score (nSPS) is 15.8. The van der Waals surface area contributed by atoms with Crippen LogP contribution in [-0.4, -0.2) is 63.0 Å². The molecule has 1 atom stereocenters. The third-order valence-corrected chi connectivity index (χ3v) is 6.56.